The molecule has 0 bridgehead atoms. The van der Waals surface area contributed by atoms with Gasteiger partial charge in [-0.3, -0.25) is 5.41 Å². The van der Waals surface area contributed by atoms with E-state index in [1.807, 2.05) is 24.3 Å². The van der Waals surface area contributed by atoms with Crippen LogP contribution in [0.2, 0.25) is 10.0 Å². The quantitative estimate of drug-likeness (QED) is 0.731. The summed E-state index contributed by atoms with van der Waals surface area (Å²) >= 11 is 12.3. The van der Waals surface area contributed by atoms with Crippen molar-refractivity contribution >= 4 is 29.0 Å². The summed E-state index contributed by atoms with van der Waals surface area (Å²) in [5.74, 6) is 0.884. The van der Waals surface area contributed by atoms with Crippen LogP contribution in [0.25, 0.3) is 11.3 Å². The maximum atomic E-state index is 8.02. The van der Waals surface area contributed by atoms with Crippen LogP contribution in [0.5, 0.6) is 5.75 Å². The Labute approximate surface area is 154 Å². The highest BCUT2D eigenvalue weighted by Gasteiger charge is 2.14. The lowest BCUT2D eigenvalue weighted by Crippen LogP contribution is -2.28. The van der Waals surface area contributed by atoms with Crippen molar-refractivity contribution in [3.8, 4) is 17.0 Å². The molecule has 25 heavy (non-hydrogen) atoms. The third kappa shape index (κ3) is 3.60. The highest BCUT2D eigenvalue weighted by Crippen LogP contribution is 2.33. The van der Waals surface area contributed by atoms with Crippen LogP contribution in [0.4, 0.5) is 5.82 Å². The van der Waals surface area contributed by atoms with Gasteiger partial charge in [0.25, 0.3) is 0 Å². The molecule has 1 aromatic heterocycles. The van der Waals surface area contributed by atoms with Gasteiger partial charge in [-0.05, 0) is 23.8 Å². The fourth-order valence-corrected chi connectivity index (χ4v) is 2.73. The molecule has 0 spiro atoms. The van der Waals surface area contributed by atoms with Gasteiger partial charge in [-0.1, -0.05) is 47.5 Å². The van der Waals surface area contributed by atoms with Gasteiger partial charge < -0.3 is 10.5 Å². The molecule has 0 aliphatic carbocycles. The Morgan fingerprint density at radius 3 is 2.56 bits per heavy atom. The number of hydrogen-bond acceptors (Lipinski definition) is 5. The van der Waals surface area contributed by atoms with Crippen LogP contribution in [0, 0.1) is 5.41 Å². The molecule has 3 rings (SSSR count). The van der Waals surface area contributed by atoms with Gasteiger partial charge in [0.1, 0.15) is 11.4 Å². The van der Waals surface area contributed by atoms with Crippen molar-refractivity contribution in [2.75, 3.05) is 12.8 Å². The minimum Gasteiger partial charge on any atom is -0.497 e. The monoisotopic (exact) mass is 375 g/mol. The van der Waals surface area contributed by atoms with E-state index in [0.29, 0.717) is 27.8 Å². The predicted molar refractivity (Wildman–Crippen MR) is 97.8 cm³/mol. The number of rotatable bonds is 4. The van der Waals surface area contributed by atoms with Crippen molar-refractivity contribution in [2.24, 2.45) is 0 Å². The third-order valence-corrected chi connectivity index (χ3v) is 4.45. The number of benzene rings is 2. The summed E-state index contributed by atoms with van der Waals surface area (Å²) in [5.41, 5.74) is 7.81. The molecule has 0 unspecified atom stereocenters. The first kappa shape index (κ1) is 17.3. The number of nitrogens with one attached hydrogen (secondary N) is 1. The molecule has 0 aliphatic rings. The van der Waals surface area contributed by atoms with Gasteiger partial charge in [-0.2, -0.15) is 10.1 Å². The van der Waals surface area contributed by atoms with Crippen LogP contribution in [-0.2, 0) is 6.54 Å². The van der Waals surface area contributed by atoms with Crippen LogP contribution in [0.3, 0.4) is 0 Å². The Morgan fingerprint density at radius 1 is 1.16 bits per heavy atom. The summed E-state index contributed by atoms with van der Waals surface area (Å²) in [5, 5.41) is 13.2. The van der Waals surface area contributed by atoms with E-state index in [-0.39, 0.29) is 11.4 Å². The molecule has 128 valence electrons. The molecule has 1 heterocycles. The highest BCUT2D eigenvalue weighted by molar-refractivity contribution is 6.43. The van der Waals surface area contributed by atoms with Gasteiger partial charge in [0.05, 0.1) is 23.7 Å². The summed E-state index contributed by atoms with van der Waals surface area (Å²) in [4.78, 5) is 4.07. The molecular weight excluding hydrogens is 361 g/mol. The van der Waals surface area contributed by atoms with E-state index in [2.05, 4.69) is 10.1 Å². The lowest BCUT2D eigenvalue weighted by atomic mass is 10.1. The van der Waals surface area contributed by atoms with Gasteiger partial charge in [0.2, 0.25) is 5.62 Å². The average molecular weight is 376 g/mol. The molecule has 6 nitrogen and oxygen atoms in total. The molecule has 0 aliphatic heterocycles. The van der Waals surface area contributed by atoms with E-state index < -0.39 is 0 Å². The Balaban J connectivity index is 2.03. The molecule has 0 saturated heterocycles. The van der Waals surface area contributed by atoms with Crippen molar-refractivity contribution in [3.05, 3.63) is 63.7 Å². The number of anilines is 1. The second-order valence-corrected chi connectivity index (χ2v) is 6.06. The zero-order chi connectivity index (χ0) is 18.0. The van der Waals surface area contributed by atoms with E-state index in [4.69, 9.17) is 39.1 Å². The Morgan fingerprint density at radius 2 is 1.88 bits per heavy atom. The van der Waals surface area contributed by atoms with E-state index in [1.165, 1.54) is 4.68 Å². The number of methoxy groups -OCH3 is 1. The first-order valence-electron chi connectivity index (χ1n) is 7.36. The molecule has 2 aromatic carbocycles. The van der Waals surface area contributed by atoms with Crippen molar-refractivity contribution < 1.29 is 4.74 Å². The smallest absolute Gasteiger partial charge is 0.241 e. The second-order valence-electron chi connectivity index (χ2n) is 5.28. The normalized spacial score (nSPS) is 10.7. The van der Waals surface area contributed by atoms with E-state index in [0.717, 1.165) is 11.3 Å². The van der Waals surface area contributed by atoms with Crippen LogP contribution >= 0.6 is 23.2 Å². The van der Waals surface area contributed by atoms with E-state index in [1.54, 1.807) is 25.3 Å². The number of ether oxygens (including phenoxy) is 1. The lowest BCUT2D eigenvalue weighted by molar-refractivity contribution is 0.414. The minimum atomic E-state index is -0.0461. The molecule has 0 atom stereocenters. The molecule has 0 amide bonds. The third-order valence-electron chi connectivity index (χ3n) is 3.63. The minimum absolute atomic E-state index is 0.0461. The standard InChI is InChI=1S/C17H15Cl2N5O/c1-25-11-7-5-10(6-8-11)9-24-17(21)22-16(20)15(23-24)12-3-2-4-13(18)14(12)19/h2-8H,9H2,1H3,(H3,20,21,22). The number of aromatic nitrogens is 3. The lowest BCUT2D eigenvalue weighted by Gasteiger charge is -2.12. The molecule has 3 N–H and O–H groups in total. The van der Waals surface area contributed by atoms with Crippen LogP contribution in [-0.4, -0.2) is 21.9 Å². The predicted octanol–water partition coefficient (Wildman–Crippen LogP) is 3.37. The number of halogens is 2. The van der Waals surface area contributed by atoms with Crippen molar-refractivity contribution in [1.29, 1.82) is 5.41 Å². The molecule has 0 radical (unpaired) electrons. The Bertz CT molecular complexity index is 970. The average Bonchev–Trinajstić information content (AvgIpc) is 2.61. The summed E-state index contributed by atoms with van der Waals surface area (Å²) in [6.07, 6.45) is 0. The Kier molecular flexibility index (Phi) is 4.92. The highest BCUT2D eigenvalue weighted by atomic mass is 35.5. The zero-order valence-electron chi connectivity index (χ0n) is 13.3. The number of nitrogen functional groups attached to an aromatic ring is 1. The van der Waals surface area contributed by atoms with E-state index in [9.17, 15) is 0 Å². The molecule has 8 heteroatoms. The zero-order valence-corrected chi connectivity index (χ0v) is 14.8. The number of nitrogens with zero attached hydrogens (tertiary/aromatic N) is 3. The van der Waals surface area contributed by atoms with Crippen molar-refractivity contribution in [1.82, 2.24) is 14.8 Å². The molecule has 0 fully saturated rings. The second kappa shape index (κ2) is 7.13. The first-order chi connectivity index (χ1) is 12.0. The first-order valence-corrected chi connectivity index (χ1v) is 8.11. The Hall–Kier alpha value is -2.57. The van der Waals surface area contributed by atoms with Gasteiger partial charge in [-0.15, -0.1) is 0 Å². The fourth-order valence-electron chi connectivity index (χ4n) is 2.34. The maximum Gasteiger partial charge on any atom is 0.241 e. The fraction of sp³-hybridized carbons (Fsp3) is 0.118. The largest absolute Gasteiger partial charge is 0.497 e. The summed E-state index contributed by atoms with van der Waals surface area (Å²) in [6, 6.07) is 12.7. The van der Waals surface area contributed by atoms with Gasteiger partial charge >= 0.3 is 0 Å². The summed E-state index contributed by atoms with van der Waals surface area (Å²) < 4.78 is 6.59. The molecular formula is C17H15Cl2N5O. The molecule has 3 aromatic rings. The van der Waals surface area contributed by atoms with Gasteiger partial charge in [0.15, 0.2) is 5.82 Å². The van der Waals surface area contributed by atoms with Gasteiger partial charge in [-0.25, -0.2) is 4.68 Å². The van der Waals surface area contributed by atoms with Crippen LogP contribution in [0.15, 0.2) is 42.5 Å². The SMILES string of the molecule is COc1ccc(Cn2nc(-c3cccc(Cl)c3Cl)c(N)nc2=N)cc1. The van der Waals surface area contributed by atoms with E-state index >= 15 is 0 Å². The topological polar surface area (TPSA) is 89.8 Å². The maximum absolute atomic E-state index is 8.02. The van der Waals surface area contributed by atoms with Crippen molar-refractivity contribution in [2.45, 2.75) is 6.54 Å². The molecule has 0 saturated carbocycles. The van der Waals surface area contributed by atoms with Crippen LogP contribution < -0.4 is 16.1 Å². The van der Waals surface area contributed by atoms with Crippen molar-refractivity contribution in [3.63, 3.8) is 0 Å². The number of hydrogen-bond donors (Lipinski definition) is 2. The summed E-state index contributed by atoms with van der Waals surface area (Å²) in [7, 11) is 1.61. The number of nitrogens with two attached hydrogens (primary N) is 1. The summed E-state index contributed by atoms with van der Waals surface area (Å²) in [6.45, 7) is 0.362. The van der Waals surface area contributed by atoms with Crippen LogP contribution in [0.1, 0.15) is 5.56 Å². The van der Waals surface area contributed by atoms with Gasteiger partial charge in [0, 0.05) is 5.56 Å².